The molecule has 2 aromatic rings. The summed E-state index contributed by atoms with van der Waals surface area (Å²) >= 11 is 6.09. The Hall–Kier alpha value is -2.64. The molecule has 2 rings (SSSR count). The highest BCUT2D eigenvalue weighted by Crippen LogP contribution is 2.24. The molecule has 0 aliphatic rings. The summed E-state index contributed by atoms with van der Waals surface area (Å²) in [6.07, 6.45) is 1.20. The second kappa shape index (κ2) is 7.96. The fourth-order valence-electron chi connectivity index (χ4n) is 2.71. The predicted molar refractivity (Wildman–Crippen MR) is 96.5 cm³/mol. The first kappa shape index (κ1) is 18.7. The van der Waals surface area contributed by atoms with Gasteiger partial charge < -0.3 is 4.90 Å². The molecule has 0 fully saturated rings. The van der Waals surface area contributed by atoms with Crippen LogP contribution in [0.3, 0.4) is 0 Å². The zero-order chi connectivity index (χ0) is 18.6. The van der Waals surface area contributed by atoms with E-state index in [1.54, 1.807) is 18.2 Å². The van der Waals surface area contributed by atoms with Gasteiger partial charge in [0.25, 0.3) is 0 Å². The van der Waals surface area contributed by atoms with E-state index >= 15 is 0 Å². The second-order valence-electron chi connectivity index (χ2n) is 5.80. The van der Waals surface area contributed by atoms with Gasteiger partial charge in [-0.2, -0.15) is 5.26 Å². The number of carbonyl (C=O) groups excluding carboxylic acids is 1. The lowest BCUT2D eigenvalue weighted by atomic mass is 9.99. The summed E-state index contributed by atoms with van der Waals surface area (Å²) < 4.78 is 14.1. The average molecular weight is 357 g/mol. The van der Waals surface area contributed by atoms with E-state index in [-0.39, 0.29) is 29.6 Å². The first-order valence-corrected chi connectivity index (χ1v) is 8.09. The maximum atomic E-state index is 14.1. The van der Waals surface area contributed by atoms with Crippen molar-refractivity contribution in [3.05, 3.63) is 81.6 Å². The van der Waals surface area contributed by atoms with Crippen molar-refractivity contribution in [3.63, 3.8) is 0 Å². The van der Waals surface area contributed by atoms with Crippen molar-refractivity contribution in [3.8, 4) is 6.07 Å². The van der Waals surface area contributed by atoms with Crippen LogP contribution in [0.1, 0.15) is 27.8 Å². The number of nitrogens with zero attached hydrogens (tertiary/aromatic N) is 2. The van der Waals surface area contributed by atoms with Gasteiger partial charge in [-0.25, -0.2) is 4.39 Å². The van der Waals surface area contributed by atoms with Crippen molar-refractivity contribution in [1.82, 2.24) is 4.90 Å². The predicted octanol–water partition coefficient (Wildman–Crippen LogP) is 4.68. The molecule has 0 aliphatic carbocycles. The van der Waals surface area contributed by atoms with Crippen molar-refractivity contribution in [2.75, 3.05) is 0 Å². The summed E-state index contributed by atoms with van der Waals surface area (Å²) in [5.74, 6) is -0.773. The standard InChI is InChI=1S/C20H18ClFN2O/c1-4-20(25)24(12-17-18(21)6-5-7-19(17)22)11-16-13(2)8-15(10-23)9-14(16)3/h4-9H,1,11-12H2,2-3H3. The molecule has 0 spiro atoms. The Morgan fingerprint density at radius 3 is 2.40 bits per heavy atom. The van der Waals surface area contributed by atoms with E-state index in [1.807, 2.05) is 13.8 Å². The number of aryl methyl sites for hydroxylation is 2. The summed E-state index contributed by atoms with van der Waals surface area (Å²) in [6, 6.07) is 10.1. The Labute approximate surface area is 152 Å². The normalized spacial score (nSPS) is 10.2. The largest absolute Gasteiger partial charge is 0.330 e. The Bertz CT molecular complexity index is 827. The van der Waals surface area contributed by atoms with Crippen LogP contribution in [0.4, 0.5) is 4.39 Å². The van der Waals surface area contributed by atoms with Crippen LogP contribution in [0.2, 0.25) is 5.02 Å². The minimum atomic E-state index is -0.456. The third-order valence-electron chi connectivity index (χ3n) is 4.07. The minimum Gasteiger partial charge on any atom is -0.330 e. The summed E-state index contributed by atoms with van der Waals surface area (Å²) in [4.78, 5) is 13.8. The first-order valence-electron chi connectivity index (χ1n) is 7.71. The zero-order valence-corrected chi connectivity index (χ0v) is 14.9. The van der Waals surface area contributed by atoms with Gasteiger partial charge in [0, 0.05) is 17.1 Å². The molecule has 0 atom stereocenters. The van der Waals surface area contributed by atoms with Crippen LogP contribution in [-0.4, -0.2) is 10.8 Å². The molecule has 0 bridgehead atoms. The molecule has 0 radical (unpaired) electrons. The second-order valence-corrected chi connectivity index (χ2v) is 6.21. The van der Waals surface area contributed by atoms with E-state index in [2.05, 4.69) is 12.6 Å². The number of carbonyl (C=O) groups is 1. The number of nitriles is 1. The molecule has 2 aromatic carbocycles. The average Bonchev–Trinajstić information content (AvgIpc) is 2.58. The molecule has 128 valence electrons. The quantitative estimate of drug-likeness (QED) is 0.730. The molecular formula is C20H18ClFN2O. The topological polar surface area (TPSA) is 44.1 Å². The Kier molecular flexibility index (Phi) is 5.95. The SMILES string of the molecule is C=CC(=O)N(Cc1c(C)cc(C#N)cc1C)Cc1c(F)cccc1Cl. The molecule has 0 aliphatic heterocycles. The fourth-order valence-corrected chi connectivity index (χ4v) is 2.94. The van der Waals surface area contributed by atoms with Crippen molar-refractivity contribution in [2.24, 2.45) is 0 Å². The molecule has 1 amide bonds. The number of hydrogen-bond acceptors (Lipinski definition) is 2. The molecule has 5 heteroatoms. The van der Waals surface area contributed by atoms with E-state index in [4.69, 9.17) is 16.9 Å². The molecule has 0 N–H and O–H groups in total. The van der Waals surface area contributed by atoms with Gasteiger partial charge in [-0.3, -0.25) is 4.79 Å². The van der Waals surface area contributed by atoms with Crippen LogP contribution in [0.15, 0.2) is 43.0 Å². The van der Waals surface area contributed by atoms with Crippen LogP contribution in [0, 0.1) is 31.0 Å². The molecule has 0 heterocycles. The van der Waals surface area contributed by atoms with Crippen molar-refractivity contribution in [1.29, 1.82) is 5.26 Å². The lowest BCUT2D eigenvalue weighted by Crippen LogP contribution is -2.29. The minimum absolute atomic E-state index is 0.0369. The molecule has 0 aromatic heterocycles. The van der Waals surface area contributed by atoms with Crippen LogP contribution in [0.5, 0.6) is 0 Å². The van der Waals surface area contributed by atoms with E-state index in [1.165, 1.54) is 23.1 Å². The summed E-state index contributed by atoms with van der Waals surface area (Å²) in [5.41, 5.74) is 3.55. The van der Waals surface area contributed by atoms with Crippen LogP contribution >= 0.6 is 11.6 Å². The van der Waals surface area contributed by atoms with E-state index in [0.29, 0.717) is 5.56 Å². The van der Waals surface area contributed by atoms with Gasteiger partial charge in [-0.05, 0) is 60.9 Å². The van der Waals surface area contributed by atoms with Gasteiger partial charge in [-0.1, -0.05) is 24.2 Å². The number of benzene rings is 2. The highest BCUT2D eigenvalue weighted by molar-refractivity contribution is 6.31. The maximum Gasteiger partial charge on any atom is 0.246 e. The van der Waals surface area contributed by atoms with Crippen molar-refractivity contribution in [2.45, 2.75) is 26.9 Å². The molecule has 0 saturated heterocycles. The third-order valence-corrected chi connectivity index (χ3v) is 4.43. The highest BCUT2D eigenvalue weighted by Gasteiger charge is 2.18. The Morgan fingerprint density at radius 2 is 1.88 bits per heavy atom. The number of halogens is 2. The molecule has 0 unspecified atom stereocenters. The maximum absolute atomic E-state index is 14.1. The lowest BCUT2D eigenvalue weighted by Gasteiger charge is -2.24. The van der Waals surface area contributed by atoms with E-state index in [0.717, 1.165) is 16.7 Å². The van der Waals surface area contributed by atoms with Gasteiger partial charge in [0.1, 0.15) is 5.82 Å². The van der Waals surface area contributed by atoms with Gasteiger partial charge in [-0.15, -0.1) is 0 Å². The monoisotopic (exact) mass is 356 g/mol. The zero-order valence-electron chi connectivity index (χ0n) is 14.1. The smallest absolute Gasteiger partial charge is 0.246 e. The molecule has 25 heavy (non-hydrogen) atoms. The molecular weight excluding hydrogens is 339 g/mol. The van der Waals surface area contributed by atoms with Gasteiger partial charge in [0.15, 0.2) is 0 Å². The summed E-state index contributed by atoms with van der Waals surface area (Å²) in [7, 11) is 0. The van der Waals surface area contributed by atoms with Gasteiger partial charge in [0.05, 0.1) is 18.2 Å². The first-order chi connectivity index (χ1) is 11.9. The molecule has 3 nitrogen and oxygen atoms in total. The Morgan fingerprint density at radius 1 is 1.28 bits per heavy atom. The van der Waals surface area contributed by atoms with Crippen molar-refractivity contribution < 1.29 is 9.18 Å². The van der Waals surface area contributed by atoms with E-state index in [9.17, 15) is 9.18 Å². The third kappa shape index (κ3) is 4.26. The summed E-state index contributed by atoms with van der Waals surface area (Å²) in [6.45, 7) is 7.60. The van der Waals surface area contributed by atoms with Crippen molar-refractivity contribution >= 4 is 17.5 Å². The lowest BCUT2D eigenvalue weighted by molar-refractivity contribution is -0.127. The Balaban J connectivity index is 2.39. The molecule has 0 saturated carbocycles. The van der Waals surface area contributed by atoms with Gasteiger partial charge >= 0.3 is 0 Å². The fraction of sp³-hybridized carbons (Fsp3) is 0.200. The van der Waals surface area contributed by atoms with Gasteiger partial charge in [0.2, 0.25) is 5.91 Å². The van der Waals surface area contributed by atoms with Crippen LogP contribution < -0.4 is 0 Å². The number of hydrogen-bond donors (Lipinski definition) is 0. The number of rotatable bonds is 5. The summed E-state index contributed by atoms with van der Waals surface area (Å²) in [5, 5.41) is 9.33. The van der Waals surface area contributed by atoms with Crippen LogP contribution in [0.25, 0.3) is 0 Å². The number of amides is 1. The highest BCUT2D eigenvalue weighted by atomic mass is 35.5. The van der Waals surface area contributed by atoms with Crippen LogP contribution in [-0.2, 0) is 17.9 Å². The van der Waals surface area contributed by atoms with E-state index < -0.39 is 5.82 Å².